The smallest absolute Gasteiger partial charge is 0.141 e. The van der Waals surface area contributed by atoms with E-state index in [9.17, 15) is 0 Å². The van der Waals surface area contributed by atoms with Crippen LogP contribution >= 0.6 is 0 Å². The molecule has 2 rings (SSSR count). The Bertz CT molecular complexity index is 364. The summed E-state index contributed by atoms with van der Waals surface area (Å²) in [5, 5.41) is 3.64. The fourth-order valence-electron chi connectivity index (χ4n) is 1.17. The van der Waals surface area contributed by atoms with E-state index in [1.807, 2.05) is 30.3 Å². The van der Waals surface area contributed by atoms with Crippen LogP contribution in [0.1, 0.15) is 11.3 Å². The zero-order chi connectivity index (χ0) is 9.10. The molecule has 0 fully saturated rings. The van der Waals surface area contributed by atoms with Gasteiger partial charge >= 0.3 is 0 Å². The summed E-state index contributed by atoms with van der Waals surface area (Å²) in [5.41, 5.74) is 7.52. The molecule has 13 heavy (non-hydrogen) atoms. The number of nitrogens with zero attached hydrogens (tertiary/aromatic N) is 1. The molecule has 2 N–H and O–H groups in total. The molecule has 2 aromatic rings. The molecule has 1 aromatic carbocycles. The lowest BCUT2D eigenvalue weighted by atomic mass is 10.1. The van der Waals surface area contributed by atoms with Crippen LogP contribution in [0.5, 0.6) is 0 Å². The van der Waals surface area contributed by atoms with Crippen LogP contribution in [0.15, 0.2) is 41.1 Å². The molecule has 1 heterocycles. The summed E-state index contributed by atoms with van der Waals surface area (Å²) >= 11 is 0. The first-order chi connectivity index (χ1) is 6.34. The summed E-state index contributed by atoms with van der Waals surface area (Å²) in [5.74, 6) is 0.866. The lowest BCUT2D eigenvalue weighted by molar-refractivity contribution is 0.389. The summed E-state index contributed by atoms with van der Waals surface area (Å²) in [4.78, 5) is 0. The molecule has 0 bridgehead atoms. The average molecular weight is 174 g/mol. The van der Waals surface area contributed by atoms with Gasteiger partial charge in [0.1, 0.15) is 5.76 Å². The van der Waals surface area contributed by atoms with Gasteiger partial charge in [-0.05, 0) is 17.7 Å². The van der Waals surface area contributed by atoms with Gasteiger partial charge in [0, 0.05) is 18.2 Å². The second-order valence-electron chi connectivity index (χ2n) is 2.90. The first-order valence-corrected chi connectivity index (χ1v) is 4.08. The largest absolute Gasteiger partial charge is 0.399 e. The number of rotatable bonds is 2. The molecular formula is C10H10N2O. The SMILES string of the molecule is Nc1ccc(Cc2ccno2)cc1. The number of benzene rings is 1. The fourth-order valence-corrected chi connectivity index (χ4v) is 1.17. The second-order valence-corrected chi connectivity index (χ2v) is 2.90. The van der Waals surface area contributed by atoms with E-state index in [0.29, 0.717) is 0 Å². The Kier molecular flexibility index (Phi) is 2.00. The minimum atomic E-state index is 0.764. The molecule has 3 nitrogen and oxygen atoms in total. The Hall–Kier alpha value is -1.77. The molecule has 0 atom stereocenters. The van der Waals surface area contributed by atoms with Crippen molar-refractivity contribution in [3.8, 4) is 0 Å². The number of anilines is 1. The van der Waals surface area contributed by atoms with Gasteiger partial charge in [0.05, 0.1) is 6.20 Å². The third-order valence-corrected chi connectivity index (χ3v) is 1.85. The molecule has 0 unspecified atom stereocenters. The zero-order valence-corrected chi connectivity index (χ0v) is 7.10. The fraction of sp³-hybridized carbons (Fsp3) is 0.100. The summed E-state index contributed by atoms with van der Waals surface area (Å²) in [6.45, 7) is 0. The summed E-state index contributed by atoms with van der Waals surface area (Å²) < 4.78 is 4.99. The number of hydrogen-bond donors (Lipinski definition) is 1. The van der Waals surface area contributed by atoms with Gasteiger partial charge in [-0.15, -0.1) is 0 Å². The Balaban J connectivity index is 2.15. The standard InChI is InChI=1S/C10H10N2O/c11-9-3-1-8(2-4-9)7-10-5-6-12-13-10/h1-6H,7,11H2. The Morgan fingerprint density at radius 3 is 2.54 bits per heavy atom. The normalized spacial score (nSPS) is 10.2. The van der Waals surface area contributed by atoms with Gasteiger partial charge in [-0.2, -0.15) is 0 Å². The highest BCUT2D eigenvalue weighted by Gasteiger charge is 1.98. The van der Waals surface area contributed by atoms with Crippen LogP contribution < -0.4 is 5.73 Å². The Morgan fingerprint density at radius 2 is 1.92 bits per heavy atom. The lowest BCUT2D eigenvalue weighted by Crippen LogP contribution is -1.88. The van der Waals surface area contributed by atoms with Gasteiger partial charge in [0.2, 0.25) is 0 Å². The molecule has 0 saturated carbocycles. The van der Waals surface area contributed by atoms with Crippen molar-refractivity contribution in [1.82, 2.24) is 5.16 Å². The number of hydrogen-bond acceptors (Lipinski definition) is 3. The first-order valence-electron chi connectivity index (χ1n) is 4.08. The van der Waals surface area contributed by atoms with Crippen molar-refractivity contribution in [2.45, 2.75) is 6.42 Å². The maximum atomic E-state index is 5.56. The van der Waals surface area contributed by atoms with Crippen LogP contribution in [0.25, 0.3) is 0 Å². The molecule has 0 amide bonds. The highest BCUT2D eigenvalue weighted by molar-refractivity contribution is 5.39. The molecule has 3 heteroatoms. The Labute approximate surface area is 76.2 Å². The predicted molar refractivity (Wildman–Crippen MR) is 50.2 cm³/mol. The number of nitrogen functional groups attached to an aromatic ring is 1. The average Bonchev–Trinajstić information content (AvgIpc) is 2.62. The minimum absolute atomic E-state index is 0.764. The van der Waals surface area contributed by atoms with E-state index in [4.69, 9.17) is 10.3 Å². The van der Waals surface area contributed by atoms with Crippen LogP contribution in [-0.2, 0) is 6.42 Å². The van der Waals surface area contributed by atoms with E-state index in [1.54, 1.807) is 6.20 Å². The van der Waals surface area contributed by atoms with Crippen molar-refractivity contribution in [2.75, 3.05) is 5.73 Å². The van der Waals surface area contributed by atoms with Crippen molar-refractivity contribution in [1.29, 1.82) is 0 Å². The molecule has 0 aliphatic carbocycles. The quantitative estimate of drug-likeness (QED) is 0.707. The topological polar surface area (TPSA) is 52.0 Å². The molecule has 0 spiro atoms. The molecule has 0 aliphatic rings. The maximum absolute atomic E-state index is 5.56. The van der Waals surface area contributed by atoms with Gasteiger partial charge in [-0.1, -0.05) is 17.3 Å². The molecule has 0 radical (unpaired) electrons. The van der Waals surface area contributed by atoms with E-state index < -0.39 is 0 Å². The number of aromatic nitrogens is 1. The lowest BCUT2D eigenvalue weighted by Gasteiger charge is -1.97. The van der Waals surface area contributed by atoms with Crippen LogP contribution in [0.2, 0.25) is 0 Å². The monoisotopic (exact) mass is 174 g/mol. The van der Waals surface area contributed by atoms with E-state index in [0.717, 1.165) is 17.9 Å². The van der Waals surface area contributed by atoms with Gasteiger partial charge in [0.25, 0.3) is 0 Å². The summed E-state index contributed by atoms with van der Waals surface area (Å²) in [6.07, 6.45) is 2.41. The summed E-state index contributed by atoms with van der Waals surface area (Å²) in [7, 11) is 0. The summed E-state index contributed by atoms with van der Waals surface area (Å²) in [6, 6.07) is 9.59. The van der Waals surface area contributed by atoms with E-state index >= 15 is 0 Å². The van der Waals surface area contributed by atoms with E-state index in [1.165, 1.54) is 5.56 Å². The van der Waals surface area contributed by atoms with E-state index in [2.05, 4.69) is 5.16 Å². The molecular weight excluding hydrogens is 164 g/mol. The number of nitrogens with two attached hydrogens (primary N) is 1. The second kappa shape index (κ2) is 3.31. The van der Waals surface area contributed by atoms with Crippen molar-refractivity contribution in [3.63, 3.8) is 0 Å². The highest BCUT2D eigenvalue weighted by atomic mass is 16.5. The van der Waals surface area contributed by atoms with Gasteiger partial charge < -0.3 is 10.3 Å². The van der Waals surface area contributed by atoms with Crippen LogP contribution in [0, 0.1) is 0 Å². The van der Waals surface area contributed by atoms with Gasteiger partial charge in [0.15, 0.2) is 0 Å². The van der Waals surface area contributed by atoms with Crippen LogP contribution in [-0.4, -0.2) is 5.16 Å². The maximum Gasteiger partial charge on any atom is 0.141 e. The molecule has 0 saturated heterocycles. The highest BCUT2D eigenvalue weighted by Crippen LogP contribution is 2.10. The van der Waals surface area contributed by atoms with E-state index in [-0.39, 0.29) is 0 Å². The van der Waals surface area contributed by atoms with Crippen molar-refractivity contribution < 1.29 is 4.52 Å². The zero-order valence-electron chi connectivity index (χ0n) is 7.10. The third kappa shape index (κ3) is 1.87. The first kappa shape index (κ1) is 7.86. The Morgan fingerprint density at radius 1 is 1.15 bits per heavy atom. The molecule has 0 aliphatic heterocycles. The van der Waals surface area contributed by atoms with Crippen molar-refractivity contribution >= 4 is 5.69 Å². The third-order valence-electron chi connectivity index (χ3n) is 1.85. The molecule has 66 valence electrons. The minimum Gasteiger partial charge on any atom is -0.399 e. The van der Waals surface area contributed by atoms with Gasteiger partial charge in [-0.25, -0.2) is 0 Å². The van der Waals surface area contributed by atoms with Crippen LogP contribution in [0.4, 0.5) is 5.69 Å². The van der Waals surface area contributed by atoms with Gasteiger partial charge in [-0.3, -0.25) is 0 Å². The predicted octanol–water partition coefficient (Wildman–Crippen LogP) is 1.85. The van der Waals surface area contributed by atoms with Crippen molar-refractivity contribution in [2.24, 2.45) is 0 Å². The molecule has 1 aromatic heterocycles. The van der Waals surface area contributed by atoms with Crippen LogP contribution in [0.3, 0.4) is 0 Å². The van der Waals surface area contributed by atoms with Crippen molar-refractivity contribution in [3.05, 3.63) is 47.9 Å².